The lowest BCUT2D eigenvalue weighted by atomic mass is 10.0. The van der Waals surface area contributed by atoms with Crippen LogP contribution in [0.2, 0.25) is 0 Å². The van der Waals surface area contributed by atoms with Crippen LogP contribution in [0.1, 0.15) is 12.8 Å². The molecule has 0 aliphatic carbocycles. The van der Waals surface area contributed by atoms with Crippen LogP contribution in [0.5, 0.6) is 0 Å². The summed E-state index contributed by atoms with van der Waals surface area (Å²) < 4.78 is 0. The molecule has 2 saturated heterocycles. The number of para-hydroxylation sites is 1. The average molecular weight is 435 g/mol. The second-order valence-corrected chi connectivity index (χ2v) is 8.07. The zero-order valence-electron chi connectivity index (χ0n) is 16.9. The van der Waals surface area contributed by atoms with E-state index in [1.165, 1.54) is 0 Å². The van der Waals surface area contributed by atoms with Gasteiger partial charge in [-0.1, -0.05) is 18.2 Å². The molecule has 9 N–H and O–H groups in total. The average Bonchev–Trinajstić information content (AvgIpc) is 2.67. The molecule has 11 heteroatoms. The van der Waals surface area contributed by atoms with Crippen molar-refractivity contribution in [2.24, 2.45) is 22.9 Å². The van der Waals surface area contributed by atoms with E-state index in [9.17, 15) is 0 Å². The molecule has 2 fully saturated rings. The summed E-state index contributed by atoms with van der Waals surface area (Å²) in [4.78, 5) is 18.1. The topological polar surface area (TPSA) is 161 Å². The molecule has 3 heterocycles. The number of hydrogen-bond donors (Lipinski definition) is 5. The van der Waals surface area contributed by atoms with E-state index in [0.29, 0.717) is 44.0 Å². The van der Waals surface area contributed by atoms with E-state index in [0.717, 1.165) is 18.5 Å². The maximum absolute atomic E-state index is 6.18. The fourth-order valence-electron chi connectivity index (χ4n) is 4.03. The third-order valence-corrected chi connectivity index (χ3v) is 5.24. The van der Waals surface area contributed by atoms with Gasteiger partial charge in [0.25, 0.3) is 0 Å². The molecule has 0 radical (unpaired) electrons. The summed E-state index contributed by atoms with van der Waals surface area (Å²) in [7, 11) is 0. The van der Waals surface area contributed by atoms with Gasteiger partial charge in [0, 0.05) is 56.0 Å². The predicted molar refractivity (Wildman–Crippen MR) is 122 cm³/mol. The standard InChI is InChI=1S/C19H30N10.ClH/c20-12-6-13(21)9-28(8-12)18-25-17(24-16-4-2-1-3-5-16)26-19(27-18)29-10-14(22)7-15(23)11-29;/h1-5,12-15H,6-11,20-23H2,(H,24,25,26,27);1H/t12-,13+,14-,15+;. The SMILES string of the molecule is Cl.N[C@@H]1C[C@H](N)CN(c2nc(Nc3ccccc3)nc(N3C[C@H](N)C[C@H](N)C3)n2)C1. The van der Waals surface area contributed by atoms with Crippen molar-refractivity contribution < 1.29 is 0 Å². The number of aromatic nitrogens is 3. The Balaban J connectivity index is 0.00000256. The number of benzene rings is 1. The molecular formula is C19H31ClN10. The van der Waals surface area contributed by atoms with Crippen molar-refractivity contribution in [2.75, 3.05) is 41.3 Å². The Hall–Kier alpha value is -2.24. The first-order valence-corrected chi connectivity index (χ1v) is 10.1. The quantitative estimate of drug-likeness (QED) is 0.434. The van der Waals surface area contributed by atoms with E-state index in [1.54, 1.807) is 0 Å². The number of rotatable bonds is 4. The molecular weight excluding hydrogens is 404 g/mol. The Bertz CT molecular complexity index is 758. The molecule has 0 spiro atoms. The third kappa shape index (κ3) is 5.46. The number of piperidine rings is 2. The molecule has 2 aliphatic rings. The summed E-state index contributed by atoms with van der Waals surface area (Å²) >= 11 is 0. The van der Waals surface area contributed by atoms with Crippen molar-refractivity contribution in [1.82, 2.24) is 15.0 Å². The second-order valence-electron chi connectivity index (χ2n) is 8.07. The Morgan fingerprint density at radius 1 is 0.700 bits per heavy atom. The van der Waals surface area contributed by atoms with Gasteiger partial charge in [-0.05, 0) is 25.0 Å². The summed E-state index contributed by atoms with van der Waals surface area (Å²) in [6.07, 6.45) is 1.58. The van der Waals surface area contributed by atoms with E-state index in [2.05, 4.69) is 15.3 Å². The number of nitrogens with two attached hydrogens (primary N) is 4. The molecule has 0 saturated carbocycles. The van der Waals surface area contributed by atoms with Gasteiger partial charge in [0.15, 0.2) is 0 Å². The van der Waals surface area contributed by atoms with Crippen LogP contribution in [0.4, 0.5) is 23.5 Å². The summed E-state index contributed by atoms with van der Waals surface area (Å²) in [5.41, 5.74) is 25.6. The van der Waals surface area contributed by atoms with Gasteiger partial charge < -0.3 is 38.1 Å². The van der Waals surface area contributed by atoms with Gasteiger partial charge in [0.2, 0.25) is 17.8 Å². The first-order chi connectivity index (χ1) is 14.0. The molecule has 2 aliphatic heterocycles. The van der Waals surface area contributed by atoms with E-state index in [4.69, 9.17) is 27.9 Å². The van der Waals surface area contributed by atoms with Crippen LogP contribution >= 0.6 is 12.4 Å². The van der Waals surface area contributed by atoms with Crippen molar-refractivity contribution in [2.45, 2.75) is 37.0 Å². The van der Waals surface area contributed by atoms with E-state index in [1.807, 2.05) is 40.1 Å². The summed E-state index contributed by atoms with van der Waals surface area (Å²) in [5, 5.41) is 3.27. The highest BCUT2D eigenvalue weighted by Crippen LogP contribution is 2.23. The lowest BCUT2D eigenvalue weighted by Gasteiger charge is -2.37. The molecule has 1 aromatic carbocycles. The molecule has 2 aromatic rings. The molecule has 164 valence electrons. The normalized spacial score (nSPS) is 26.8. The van der Waals surface area contributed by atoms with Crippen molar-refractivity contribution in [3.05, 3.63) is 30.3 Å². The smallest absolute Gasteiger partial charge is 0.233 e. The number of halogens is 1. The number of nitrogens with one attached hydrogen (secondary N) is 1. The first kappa shape index (κ1) is 22.4. The van der Waals surface area contributed by atoms with Gasteiger partial charge in [0.05, 0.1) is 0 Å². The summed E-state index contributed by atoms with van der Waals surface area (Å²) in [6, 6.07) is 9.74. The Kier molecular flexibility index (Phi) is 7.27. The Morgan fingerprint density at radius 3 is 1.57 bits per heavy atom. The number of hydrogen-bond acceptors (Lipinski definition) is 10. The Morgan fingerprint density at radius 2 is 1.13 bits per heavy atom. The molecule has 4 atom stereocenters. The molecule has 0 bridgehead atoms. The number of nitrogens with zero attached hydrogens (tertiary/aromatic N) is 5. The van der Waals surface area contributed by atoms with Crippen LogP contribution in [0.25, 0.3) is 0 Å². The molecule has 0 amide bonds. The van der Waals surface area contributed by atoms with Crippen molar-refractivity contribution in [3.8, 4) is 0 Å². The fraction of sp³-hybridized carbons (Fsp3) is 0.526. The van der Waals surface area contributed by atoms with Crippen LogP contribution < -0.4 is 38.1 Å². The second kappa shape index (κ2) is 9.71. The van der Waals surface area contributed by atoms with E-state index in [-0.39, 0.29) is 36.6 Å². The van der Waals surface area contributed by atoms with Gasteiger partial charge in [-0.2, -0.15) is 15.0 Å². The van der Waals surface area contributed by atoms with Gasteiger partial charge in [-0.25, -0.2) is 0 Å². The largest absolute Gasteiger partial charge is 0.338 e. The summed E-state index contributed by atoms with van der Waals surface area (Å²) in [6.45, 7) is 2.61. The minimum absolute atomic E-state index is 0. The lowest BCUT2D eigenvalue weighted by Crippen LogP contribution is -2.54. The van der Waals surface area contributed by atoms with Crippen LogP contribution in [-0.4, -0.2) is 65.3 Å². The van der Waals surface area contributed by atoms with Gasteiger partial charge in [-0.3, -0.25) is 0 Å². The minimum Gasteiger partial charge on any atom is -0.338 e. The molecule has 1 aromatic heterocycles. The van der Waals surface area contributed by atoms with Gasteiger partial charge in [-0.15, -0.1) is 12.4 Å². The third-order valence-electron chi connectivity index (χ3n) is 5.24. The van der Waals surface area contributed by atoms with Crippen LogP contribution in [0, 0.1) is 0 Å². The first-order valence-electron chi connectivity index (χ1n) is 10.1. The fourth-order valence-corrected chi connectivity index (χ4v) is 4.03. The van der Waals surface area contributed by atoms with E-state index < -0.39 is 0 Å². The summed E-state index contributed by atoms with van der Waals surface area (Å²) in [5.74, 6) is 1.59. The predicted octanol–water partition coefficient (Wildman–Crippen LogP) is -0.234. The highest BCUT2D eigenvalue weighted by molar-refractivity contribution is 5.85. The number of anilines is 4. The van der Waals surface area contributed by atoms with Crippen LogP contribution in [0.15, 0.2) is 30.3 Å². The van der Waals surface area contributed by atoms with Crippen molar-refractivity contribution in [1.29, 1.82) is 0 Å². The maximum Gasteiger partial charge on any atom is 0.233 e. The van der Waals surface area contributed by atoms with Crippen LogP contribution in [-0.2, 0) is 0 Å². The Labute approximate surface area is 182 Å². The van der Waals surface area contributed by atoms with Crippen molar-refractivity contribution >= 4 is 35.9 Å². The van der Waals surface area contributed by atoms with Gasteiger partial charge >= 0.3 is 0 Å². The zero-order chi connectivity index (χ0) is 20.4. The minimum atomic E-state index is -0.0127. The van der Waals surface area contributed by atoms with Crippen molar-refractivity contribution in [3.63, 3.8) is 0 Å². The zero-order valence-corrected chi connectivity index (χ0v) is 17.7. The van der Waals surface area contributed by atoms with Crippen LogP contribution in [0.3, 0.4) is 0 Å². The molecule has 0 unspecified atom stereocenters. The highest BCUT2D eigenvalue weighted by atomic mass is 35.5. The highest BCUT2D eigenvalue weighted by Gasteiger charge is 2.28. The molecule has 30 heavy (non-hydrogen) atoms. The monoisotopic (exact) mass is 434 g/mol. The molecule has 10 nitrogen and oxygen atoms in total. The lowest BCUT2D eigenvalue weighted by molar-refractivity contribution is 0.441. The molecule has 4 rings (SSSR count). The van der Waals surface area contributed by atoms with E-state index >= 15 is 0 Å². The maximum atomic E-state index is 6.18. The van der Waals surface area contributed by atoms with Gasteiger partial charge in [0.1, 0.15) is 0 Å².